The predicted molar refractivity (Wildman–Crippen MR) is 58.8 cm³/mol. The number of ether oxygens (including phenoxy) is 1. The third-order valence-electron chi connectivity index (χ3n) is 3.91. The molecule has 1 atom stereocenters. The van der Waals surface area contributed by atoms with E-state index in [1.54, 1.807) is 0 Å². The molecule has 0 amide bonds. The van der Waals surface area contributed by atoms with E-state index in [2.05, 4.69) is 12.2 Å². The molecule has 0 spiro atoms. The molecule has 0 aromatic heterocycles. The van der Waals surface area contributed by atoms with Crippen LogP contribution in [0.5, 0.6) is 0 Å². The minimum absolute atomic E-state index is 0.192. The Hall–Kier alpha value is -0.410. The van der Waals surface area contributed by atoms with Crippen LogP contribution in [0.2, 0.25) is 0 Å². The molecular weight excluding hydrogens is 190 g/mol. The molecule has 86 valence electrons. The summed E-state index contributed by atoms with van der Waals surface area (Å²) in [6, 6.07) is 0. The van der Waals surface area contributed by atoms with Crippen molar-refractivity contribution >= 4 is 5.78 Å². The van der Waals surface area contributed by atoms with E-state index in [0.717, 1.165) is 51.9 Å². The molecule has 2 rings (SSSR count). The minimum Gasteiger partial charge on any atom is -0.381 e. The lowest BCUT2D eigenvalue weighted by atomic mass is 9.79. The van der Waals surface area contributed by atoms with Gasteiger partial charge in [0.1, 0.15) is 0 Å². The fourth-order valence-electron chi connectivity index (χ4n) is 2.84. The Labute approximate surface area is 91.6 Å². The second-order valence-corrected chi connectivity index (χ2v) is 4.72. The Balaban J connectivity index is 2.03. The largest absolute Gasteiger partial charge is 0.381 e. The van der Waals surface area contributed by atoms with Crippen molar-refractivity contribution < 1.29 is 9.53 Å². The second-order valence-electron chi connectivity index (χ2n) is 4.72. The number of carbonyl (C=O) groups is 1. The van der Waals surface area contributed by atoms with Crippen molar-refractivity contribution in [2.75, 3.05) is 19.8 Å². The van der Waals surface area contributed by atoms with Crippen molar-refractivity contribution in [1.29, 1.82) is 0 Å². The van der Waals surface area contributed by atoms with Gasteiger partial charge in [0.2, 0.25) is 0 Å². The molecule has 2 fully saturated rings. The van der Waals surface area contributed by atoms with Crippen LogP contribution in [0.15, 0.2) is 0 Å². The third-order valence-corrected chi connectivity index (χ3v) is 3.91. The SMILES string of the molecule is CCC1(C(=O)C2CCOCC2)CCCN1. The molecule has 0 aromatic carbocycles. The maximum atomic E-state index is 12.4. The Morgan fingerprint density at radius 2 is 2.20 bits per heavy atom. The zero-order chi connectivity index (χ0) is 10.7. The van der Waals surface area contributed by atoms with Crippen LogP contribution in [0.25, 0.3) is 0 Å². The van der Waals surface area contributed by atoms with Gasteiger partial charge in [0.25, 0.3) is 0 Å². The first-order valence-corrected chi connectivity index (χ1v) is 6.15. The fraction of sp³-hybridized carbons (Fsp3) is 0.917. The maximum Gasteiger partial charge on any atom is 0.156 e. The zero-order valence-corrected chi connectivity index (χ0v) is 9.55. The van der Waals surface area contributed by atoms with Crippen molar-refractivity contribution in [2.45, 2.75) is 44.6 Å². The lowest BCUT2D eigenvalue weighted by Gasteiger charge is -2.32. The number of hydrogen-bond acceptors (Lipinski definition) is 3. The van der Waals surface area contributed by atoms with Crippen LogP contribution in [0.3, 0.4) is 0 Å². The van der Waals surface area contributed by atoms with Gasteiger partial charge in [-0.3, -0.25) is 4.79 Å². The lowest BCUT2D eigenvalue weighted by Crippen LogP contribution is -2.50. The summed E-state index contributed by atoms with van der Waals surface area (Å²) in [4.78, 5) is 12.4. The van der Waals surface area contributed by atoms with E-state index in [9.17, 15) is 4.79 Å². The Kier molecular flexibility index (Phi) is 3.42. The van der Waals surface area contributed by atoms with E-state index >= 15 is 0 Å². The van der Waals surface area contributed by atoms with Gasteiger partial charge in [-0.25, -0.2) is 0 Å². The average Bonchev–Trinajstić information content (AvgIpc) is 2.79. The summed E-state index contributed by atoms with van der Waals surface area (Å²) in [5.74, 6) is 0.690. The zero-order valence-electron chi connectivity index (χ0n) is 9.55. The van der Waals surface area contributed by atoms with Crippen molar-refractivity contribution in [1.82, 2.24) is 5.32 Å². The van der Waals surface area contributed by atoms with E-state index in [4.69, 9.17) is 4.74 Å². The third kappa shape index (κ3) is 2.08. The van der Waals surface area contributed by atoms with Gasteiger partial charge in [-0.05, 0) is 38.6 Å². The Morgan fingerprint density at radius 3 is 2.73 bits per heavy atom. The molecule has 2 heterocycles. The van der Waals surface area contributed by atoms with Gasteiger partial charge in [-0.1, -0.05) is 6.92 Å². The van der Waals surface area contributed by atoms with Crippen molar-refractivity contribution in [3.63, 3.8) is 0 Å². The van der Waals surface area contributed by atoms with E-state index in [0.29, 0.717) is 5.78 Å². The van der Waals surface area contributed by atoms with Gasteiger partial charge < -0.3 is 10.1 Å². The van der Waals surface area contributed by atoms with Crippen LogP contribution >= 0.6 is 0 Å². The van der Waals surface area contributed by atoms with Crippen LogP contribution in [0.1, 0.15) is 39.0 Å². The highest BCUT2D eigenvalue weighted by molar-refractivity contribution is 5.90. The first-order valence-electron chi connectivity index (χ1n) is 6.15. The van der Waals surface area contributed by atoms with Crippen LogP contribution in [-0.2, 0) is 9.53 Å². The minimum atomic E-state index is -0.192. The topological polar surface area (TPSA) is 38.3 Å². The van der Waals surface area contributed by atoms with Crippen LogP contribution in [-0.4, -0.2) is 31.1 Å². The van der Waals surface area contributed by atoms with E-state index in [1.165, 1.54) is 0 Å². The number of Topliss-reactive ketones (excluding diaryl/α,β-unsaturated/α-hetero) is 1. The first-order chi connectivity index (χ1) is 7.28. The average molecular weight is 211 g/mol. The number of hydrogen-bond donors (Lipinski definition) is 1. The number of ketones is 1. The normalized spacial score (nSPS) is 33.1. The molecule has 0 aliphatic carbocycles. The summed E-state index contributed by atoms with van der Waals surface area (Å²) < 4.78 is 5.31. The van der Waals surface area contributed by atoms with Gasteiger partial charge in [-0.15, -0.1) is 0 Å². The second kappa shape index (κ2) is 4.62. The molecule has 0 saturated carbocycles. The first kappa shape index (κ1) is 11.1. The highest BCUT2D eigenvalue weighted by atomic mass is 16.5. The molecule has 0 radical (unpaired) electrons. The lowest BCUT2D eigenvalue weighted by molar-refractivity contribution is -0.132. The van der Waals surface area contributed by atoms with Crippen LogP contribution in [0.4, 0.5) is 0 Å². The predicted octanol–water partition coefficient (Wildman–Crippen LogP) is 1.51. The maximum absolute atomic E-state index is 12.4. The monoisotopic (exact) mass is 211 g/mol. The van der Waals surface area contributed by atoms with E-state index in [-0.39, 0.29) is 11.5 Å². The van der Waals surface area contributed by atoms with Crippen molar-refractivity contribution in [3.8, 4) is 0 Å². The molecule has 1 unspecified atom stereocenters. The molecular formula is C12H21NO2. The summed E-state index contributed by atoms with van der Waals surface area (Å²) >= 11 is 0. The summed E-state index contributed by atoms with van der Waals surface area (Å²) in [5, 5.41) is 3.43. The highest BCUT2D eigenvalue weighted by Gasteiger charge is 2.42. The van der Waals surface area contributed by atoms with Gasteiger partial charge in [0.15, 0.2) is 5.78 Å². The van der Waals surface area contributed by atoms with Gasteiger partial charge in [0, 0.05) is 19.1 Å². The van der Waals surface area contributed by atoms with Crippen LogP contribution < -0.4 is 5.32 Å². The van der Waals surface area contributed by atoms with Gasteiger partial charge >= 0.3 is 0 Å². The number of carbonyl (C=O) groups excluding carboxylic acids is 1. The summed E-state index contributed by atoms with van der Waals surface area (Å²) in [7, 11) is 0. The molecule has 0 bridgehead atoms. The molecule has 0 aromatic rings. The van der Waals surface area contributed by atoms with Gasteiger partial charge in [0.05, 0.1) is 5.54 Å². The number of nitrogens with one attached hydrogen (secondary N) is 1. The smallest absolute Gasteiger partial charge is 0.156 e. The van der Waals surface area contributed by atoms with Crippen molar-refractivity contribution in [2.24, 2.45) is 5.92 Å². The van der Waals surface area contributed by atoms with E-state index in [1.807, 2.05) is 0 Å². The van der Waals surface area contributed by atoms with E-state index < -0.39 is 0 Å². The van der Waals surface area contributed by atoms with Crippen LogP contribution in [0, 0.1) is 5.92 Å². The quantitative estimate of drug-likeness (QED) is 0.769. The molecule has 3 nitrogen and oxygen atoms in total. The Bertz CT molecular complexity index is 228. The summed E-state index contributed by atoms with van der Waals surface area (Å²) in [6.07, 6.45) is 4.94. The molecule has 2 saturated heterocycles. The van der Waals surface area contributed by atoms with Gasteiger partial charge in [-0.2, -0.15) is 0 Å². The fourth-order valence-corrected chi connectivity index (χ4v) is 2.84. The summed E-state index contributed by atoms with van der Waals surface area (Å²) in [6.45, 7) is 4.64. The summed E-state index contributed by atoms with van der Waals surface area (Å²) in [5.41, 5.74) is -0.192. The highest BCUT2D eigenvalue weighted by Crippen LogP contribution is 2.30. The molecule has 2 aliphatic heterocycles. The molecule has 2 aliphatic rings. The molecule has 3 heteroatoms. The van der Waals surface area contributed by atoms with Crippen molar-refractivity contribution in [3.05, 3.63) is 0 Å². The Morgan fingerprint density at radius 1 is 1.47 bits per heavy atom. The number of rotatable bonds is 3. The standard InChI is InChI=1S/C12H21NO2/c1-2-12(6-3-7-13-12)11(14)10-4-8-15-9-5-10/h10,13H,2-9H2,1H3. The molecule has 15 heavy (non-hydrogen) atoms. The molecule has 1 N–H and O–H groups in total.